The maximum Gasteiger partial charge on any atom is 0.234 e. The first-order valence-electron chi connectivity index (χ1n) is 8.34. The quantitative estimate of drug-likeness (QED) is 0.704. The van der Waals surface area contributed by atoms with E-state index in [9.17, 15) is 13.2 Å². The van der Waals surface area contributed by atoms with Gasteiger partial charge < -0.3 is 10.1 Å². The van der Waals surface area contributed by atoms with Crippen LogP contribution in [0.25, 0.3) is 0 Å². The number of amides is 1. The van der Waals surface area contributed by atoms with Crippen LogP contribution in [0.3, 0.4) is 0 Å². The highest BCUT2D eigenvalue weighted by Crippen LogP contribution is 2.10. The average Bonchev–Trinajstić information content (AvgIpc) is 2.56. The first kappa shape index (κ1) is 18.9. The van der Waals surface area contributed by atoms with Gasteiger partial charge in [-0.2, -0.15) is 0 Å². The second-order valence-corrected chi connectivity index (χ2v) is 8.33. The van der Waals surface area contributed by atoms with Gasteiger partial charge in [-0.3, -0.25) is 9.69 Å². The first-order chi connectivity index (χ1) is 11.5. The van der Waals surface area contributed by atoms with E-state index in [4.69, 9.17) is 4.74 Å². The van der Waals surface area contributed by atoms with Crippen LogP contribution in [0, 0.1) is 0 Å². The molecule has 1 N–H and O–H groups in total. The number of sulfone groups is 1. The molecule has 7 heteroatoms. The fourth-order valence-electron chi connectivity index (χ4n) is 2.56. The molecule has 0 unspecified atom stereocenters. The number of carbonyl (C=O) groups is 1. The summed E-state index contributed by atoms with van der Waals surface area (Å²) in [7, 11) is -2.91. The Labute approximate surface area is 144 Å². The predicted molar refractivity (Wildman–Crippen MR) is 93.3 cm³/mol. The summed E-state index contributed by atoms with van der Waals surface area (Å²) in [5.41, 5.74) is 2.12. The summed E-state index contributed by atoms with van der Waals surface area (Å²) < 4.78 is 28.4. The minimum atomic E-state index is -2.91. The Hall–Kier alpha value is -1.44. The van der Waals surface area contributed by atoms with E-state index in [0.29, 0.717) is 26.2 Å². The fraction of sp³-hybridized carbons (Fsp3) is 0.588. The average molecular weight is 354 g/mol. The Morgan fingerprint density at radius 1 is 1.21 bits per heavy atom. The molecular weight excluding hydrogens is 328 g/mol. The molecule has 0 bridgehead atoms. The molecule has 1 aromatic rings. The topological polar surface area (TPSA) is 75.7 Å². The molecule has 1 amide bonds. The number of rotatable bonds is 8. The van der Waals surface area contributed by atoms with Gasteiger partial charge in [0, 0.05) is 26.2 Å². The number of benzene rings is 1. The minimum Gasteiger partial charge on any atom is -0.377 e. The van der Waals surface area contributed by atoms with E-state index in [2.05, 4.69) is 12.2 Å². The van der Waals surface area contributed by atoms with Crippen molar-refractivity contribution in [3.63, 3.8) is 0 Å². The van der Waals surface area contributed by atoms with Crippen molar-refractivity contribution in [3.8, 4) is 0 Å². The molecule has 0 atom stereocenters. The van der Waals surface area contributed by atoms with E-state index in [1.54, 1.807) is 0 Å². The number of nitrogens with zero attached hydrogens (tertiary/aromatic N) is 1. The van der Waals surface area contributed by atoms with Crippen LogP contribution >= 0.6 is 0 Å². The Bertz CT molecular complexity index is 632. The molecule has 1 fully saturated rings. The summed E-state index contributed by atoms with van der Waals surface area (Å²) in [5.74, 6) is 0.189. The van der Waals surface area contributed by atoms with E-state index in [-0.39, 0.29) is 24.0 Å². The summed E-state index contributed by atoms with van der Waals surface area (Å²) in [6.45, 7) is 4.88. The van der Waals surface area contributed by atoms with E-state index in [0.717, 1.165) is 24.2 Å². The van der Waals surface area contributed by atoms with Crippen LogP contribution in [0.4, 0.5) is 0 Å². The van der Waals surface area contributed by atoms with Gasteiger partial charge in [0.15, 0.2) is 9.84 Å². The van der Waals surface area contributed by atoms with Crippen molar-refractivity contribution in [3.05, 3.63) is 35.4 Å². The van der Waals surface area contributed by atoms with E-state index < -0.39 is 9.84 Å². The van der Waals surface area contributed by atoms with Crippen molar-refractivity contribution in [1.29, 1.82) is 0 Å². The third kappa shape index (κ3) is 6.22. The van der Waals surface area contributed by atoms with E-state index in [1.807, 2.05) is 29.2 Å². The van der Waals surface area contributed by atoms with Gasteiger partial charge in [0.2, 0.25) is 5.91 Å². The second-order valence-electron chi connectivity index (χ2n) is 6.03. The molecule has 1 heterocycles. The van der Waals surface area contributed by atoms with Crippen LogP contribution < -0.4 is 5.32 Å². The number of nitrogens with one attached hydrogen (secondary N) is 1. The maximum atomic E-state index is 12.1. The van der Waals surface area contributed by atoms with Crippen molar-refractivity contribution >= 4 is 15.7 Å². The normalized spacial score (nSPS) is 17.5. The molecule has 2 rings (SSSR count). The fourth-order valence-corrected chi connectivity index (χ4v) is 3.84. The highest BCUT2D eigenvalue weighted by molar-refractivity contribution is 7.91. The number of ether oxygens (including phenoxy) is 1. The van der Waals surface area contributed by atoms with Crippen LogP contribution in [-0.2, 0) is 32.5 Å². The molecule has 1 aliphatic rings. The third-order valence-electron chi connectivity index (χ3n) is 4.00. The van der Waals surface area contributed by atoms with Crippen molar-refractivity contribution < 1.29 is 17.9 Å². The molecule has 134 valence electrons. The summed E-state index contributed by atoms with van der Waals surface area (Å²) in [6, 6.07) is 7.90. The largest absolute Gasteiger partial charge is 0.377 e. The van der Waals surface area contributed by atoms with Crippen LogP contribution in [0.15, 0.2) is 24.3 Å². The summed E-state index contributed by atoms with van der Waals surface area (Å²) in [4.78, 5) is 14.0. The second kappa shape index (κ2) is 9.15. The molecule has 24 heavy (non-hydrogen) atoms. The van der Waals surface area contributed by atoms with Gasteiger partial charge >= 0.3 is 0 Å². The maximum absolute atomic E-state index is 12.1. The number of carbonyl (C=O) groups excluding carboxylic acids is 1. The Balaban J connectivity index is 1.79. The van der Waals surface area contributed by atoms with Gasteiger partial charge in [-0.15, -0.1) is 0 Å². The number of hydrogen-bond donors (Lipinski definition) is 1. The summed E-state index contributed by atoms with van der Waals surface area (Å²) in [6.07, 6.45) is 0.977. The van der Waals surface area contributed by atoms with Crippen LogP contribution in [0.5, 0.6) is 0 Å². The monoisotopic (exact) mass is 354 g/mol. The van der Waals surface area contributed by atoms with Gasteiger partial charge in [0.1, 0.15) is 0 Å². The van der Waals surface area contributed by atoms with Crippen LogP contribution in [-0.4, -0.2) is 57.0 Å². The molecule has 0 aromatic heterocycles. The molecule has 0 saturated carbocycles. The van der Waals surface area contributed by atoms with Crippen molar-refractivity contribution in [2.24, 2.45) is 0 Å². The zero-order chi connectivity index (χ0) is 17.4. The van der Waals surface area contributed by atoms with Gasteiger partial charge in [-0.25, -0.2) is 8.42 Å². The molecule has 0 spiro atoms. The molecule has 0 aliphatic carbocycles. The Morgan fingerprint density at radius 2 is 1.88 bits per heavy atom. The van der Waals surface area contributed by atoms with Crippen LogP contribution in [0.2, 0.25) is 0 Å². The smallest absolute Gasteiger partial charge is 0.234 e. The zero-order valence-electron chi connectivity index (χ0n) is 14.2. The zero-order valence-corrected chi connectivity index (χ0v) is 15.0. The van der Waals surface area contributed by atoms with Gasteiger partial charge in [0.05, 0.1) is 24.7 Å². The molecule has 6 nitrogen and oxygen atoms in total. The van der Waals surface area contributed by atoms with E-state index in [1.165, 1.54) is 0 Å². The van der Waals surface area contributed by atoms with Gasteiger partial charge in [-0.05, 0) is 17.5 Å². The Morgan fingerprint density at radius 3 is 2.54 bits per heavy atom. The number of hydrogen-bond acceptors (Lipinski definition) is 5. The highest BCUT2D eigenvalue weighted by atomic mass is 32.2. The third-order valence-corrected chi connectivity index (χ3v) is 5.61. The molecule has 1 aliphatic heterocycles. The van der Waals surface area contributed by atoms with E-state index >= 15 is 0 Å². The standard InChI is InChI=1S/C17H26N2O4S/c1-2-9-23-14-16-6-4-3-5-15(16)12-18-17(20)13-19-7-10-24(21,22)11-8-19/h3-6H,2,7-14H2,1H3,(H,18,20). The van der Waals surface area contributed by atoms with Crippen molar-refractivity contribution in [2.45, 2.75) is 26.5 Å². The van der Waals surface area contributed by atoms with Crippen LogP contribution in [0.1, 0.15) is 24.5 Å². The molecular formula is C17H26N2O4S. The molecule has 0 radical (unpaired) electrons. The van der Waals surface area contributed by atoms with Crippen molar-refractivity contribution in [2.75, 3.05) is 37.7 Å². The van der Waals surface area contributed by atoms with Gasteiger partial charge in [-0.1, -0.05) is 31.2 Å². The lowest BCUT2D eigenvalue weighted by Crippen LogP contribution is -2.45. The predicted octanol–water partition coefficient (Wildman–Crippen LogP) is 0.960. The lowest BCUT2D eigenvalue weighted by atomic mass is 10.1. The lowest BCUT2D eigenvalue weighted by molar-refractivity contribution is -0.122. The minimum absolute atomic E-state index is 0.0847. The Kier molecular flexibility index (Phi) is 7.20. The molecule has 1 aromatic carbocycles. The summed E-state index contributed by atoms with van der Waals surface area (Å²) >= 11 is 0. The SMILES string of the molecule is CCCOCc1ccccc1CNC(=O)CN1CCS(=O)(=O)CC1. The lowest BCUT2D eigenvalue weighted by Gasteiger charge is -2.25. The summed E-state index contributed by atoms with van der Waals surface area (Å²) in [5, 5.41) is 2.91. The van der Waals surface area contributed by atoms with Gasteiger partial charge in [0.25, 0.3) is 0 Å². The highest BCUT2D eigenvalue weighted by Gasteiger charge is 2.22. The molecule has 1 saturated heterocycles. The van der Waals surface area contributed by atoms with Crippen molar-refractivity contribution in [1.82, 2.24) is 10.2 Å². The first-order valence-corrected chi connectivity index (χ1v) is 10.2.